The Kier molecular flexibility index (Phi) is 3.86. The molecule has 1 fully saturated rings. The molecule has 2 heterocycles. The van der Waals surface area contributed by atoms with Crippen molar-refractivity contribution in [3.63, 3.8) is 0 Å². The predicted molar refractivity (Wildman–Crippen MR) is 97.2 cm³/mol. The van der Waals surface area contributed by atoms with E-state index in [4.69, 9.17) is 11.6 Å². The van der Waals surface area contributed by atoms with E-state index in [0.717, 1.165) is 25.2 Å². The second-order valence-electron chi connectivity index (χ2n) is 7.09. The van der Waals surface area contributed by atoms with Crippen molar-refractivity contribution in [3.8, 4) is 0 Å². The highest BCUT2D eigenvalue weighted by Gasteiger charge is 2.46. The maximum atomic E-state index is 13.3. The fourth-order valence-corrected chi connectivity index (χ4v) is 4.45. The van der Waals surface area contributed by atoms with Crippen molar-refractivity contribution in [2.24, 2.45) is 0 Å². The summed E-state index contributed by atoms with van der Waals surface area (Å²) >= 11 is 6.30. The summed E-state index contributed by atoms with van der Waals surface area (Å²) in [5.41, 5.74) is 4.23. The van der Waals surface area contributed by atoms with E-state index in [1.165, 1.54) is 16.0 Å². The number of hydrogen-bond donors (Lipinski definition) is 1. The van der Waals surface area contributed by atoms with Gasteiger partial charge in [-0.3, -0.25) is 4.79 Å². The molecule has 2 aliphatic rings. The van der Waals surface area contributed by atoms with E-state index >= 15 is 0 Å². The van der Waals surface area contributed by atoms with Gasteiger partial charge in [0.25, 0.3) is 5.91 Å². The van der Waals surface area contributed by atoms with Crippen molar-refractivity contribution < 1.29 is 9.69 Å². The van der Waals surface area contributed by atoms with Gasteiger partial charge in [0.2, 0.25) is 0 Å². The van der Waals surface area contributed by atoms with Crippen LogP contribution in [0.5, 0.6) is 0 Å². The SMILES string of the molecule is Cc1ccc2c(c1)[C@@H]1C[NH+](C)CC[C@@H]1N2C(=O)c1ccccc1Cl. The number of carbonyl (C=O) groups excluding carboxylic acids is 1. The first kappa shape index (κ1) is 15.7. The maximum absolute atomic E-state index is 13.3. The van der Waals surface area contributed by atoms with Gasteiger partial charge in [-0.25, -0.2) is 0 Å². The Balaban J connectivity index is 1.81. The topological polar surface area (TPSA) is 24.8 Å². The number of quaternary nitrogens is 1. The fraction of sp³-hybridized carbons (Fsp3) is 0.350. The second kappa shape index (κ2) is 5.91. The molecule has 0 saturated carbocycles. The number of carbonyl (C=O) groups is 1. The van der Waals surface area contributed by atoms with Crippen molar-refractivity contribution >= 4 is 23.2 Å². The summed E-state index contributed by atoms with van der Waals surface area (Å²) in [5.74, 6) is 0.442. The highest BCUT2D eigenvalue weighted by atomic mass is 35.5. The molecule has 1 saturated heterocycles. The molecule has 0 bridgehead atoms. The Hall–Kier alpha value is -1.84. The maximum Gasteiger partial charge on any atom is 0.260 e. The van der Waals surface area contributed by atoms with Gasteiger partial charge < -0.3 is 9.80 Å². The number of likely N-dealkylation sites (N-methyl/N-ethyl adjacent to an activating group) is 1. The average molecular weight is 342 g/mol. The standard InChI is InChI=1S/C20H21ClN2O/c1-13-7-8-18-15(11-13)16-12-22(2)10-9-19(16)23(18)20(24)14-5-3-4-6-17(14)21/h3-8,11,16,19H,9-10,12H2,1-2H3/p+1/t16-,19-/m0/s1. The first-order valence-electron chi connectivity index (χ1n) is 8.56. The highest BCUT2D eigenvalue weighted by Crippen LogP contribution is 2.44. The summed E-state index contributed by atoms with van der Waals surface area (Å²) < 4.78 is 0. The minimum atomic E-state index is 0.0257. The lowest BCUT2D eigenvalue weighted by Crippen LogP contribution is -3.11. The van der Waals surface area contributed by atoms with E-state index in [2.05, 4.69) is 32.2 Å². The lowest BCUT2D eigenvalue weighted by Gasteiger charge is -2.34. The van der Waals surface area contributed by atoms with Crippen LogP contribution in [0, 0.1) is 6.92 Å². The molecule has 0 aliphatic carbocycles. The molecule has 24 heavy (non-hydrogen) atoms. The second-order valence-corrected chi connectivity index (χ2v) is 7.50. The molecule has 3 nitrogen and oxygen atoms in total. The van der Waals surface area contributed by atoms with Crippen LogP contribution in [-0.4, -0.2) is 32.1 Å². The van der Waals surface area contributed by atoms with E-state index in [1.807, 2.05) is 23.1 Å². The molecule has 2 aromatic rings. The minimum Gasteiger partial charge on any atom is -0.337 e. The van der Waals surface area contributed by atoms with Crippen molar-refractivity contribution in [3.05, 3.63) is 64.2 Å². The molecule has 0 aromatic heterocycles. The predicted octanol–water partition coefficient (Wildman–Crippen LogP) is 2.68. The third kappa shape index (κ3) is 2.43. The first-order valence-corrected chi connectivity index (χ1v) is 8.94. The van der Waals surface area contributed by atoms with Crippen LogP contribution >= 0.6 is 11.6 Å². The highest BCUT2D eigenvalue weighted by molar-refractivity contribution is 6.34. The smallest absolute Gasteiger partial charge is 0.260 e. The molecule has 1 unspecified atom stereocenters. The number of amides is 1. The molecule has 2 aliphatic heterocycles. The van der Waals surface area contributed by atoms with Gasteiger partial charge in [0.1, 0.15) is 0 Å². The molecule has 1 amide bonds. The van der Waals surface area contributed by atoms with Gasteiger partial charge in [0.15, 0.2) is 0 Å². The van der Waals surface area contributed by atoms with E-state index in [0.29, 0.717) is 16.5 Å². The van der Waals surface area contributed by atoms with Crippen LogP contribution in [0.4, 0.5) is 5.69 Å². The normalized spacial score (nSPS) is 25.3. The lowest BCUT2D eigenvalue weighted by atomic mass is 9.88. The van der Waals surface area contributed by atoms with Crippen LogP contribution in [0.25, 0.3) is 0 Å². The van der Waals surface area contributed by atoms with Crippen molar-refractivity contribution in [1.29, 1.82) is 0 Å². The molecule has 1 N–H and O–H groups in total. The number of aryl methyl sites for hydroxylation is 1. The molecule has 0 spiro atoms. The fourth-order valence-electron chi connectivity index (χ4n) is 4.23. The van der Waals surface area contributed by atoms with E-state index in [-0.39, 0.29) is 11.9 Å². The van der Waals surface area contributed by atoms with Gasteiger partial charge in [-0.2, -0.15) is 0 Å². The molecule has 4 heteroatoms. The van der Waals surface area contributed by atoms with Crippen molar-refractivity contribution in [2.45, 2.75) is 25.3 Å². The molecular formula is C20H22ClN2O+. The average Bonchev–Trinajstić information content (AvgIpc) is 2.88. The molecule has 0 radical (unpaired) electrons. The third-order valence-electron chi connectivity index (χ3n) is 5.40. The number of fused-ring (bicyclic) bond motifs is 3. The number of hydrogen-bond acceptors (Lipinski definition) is 1. The Bertz CT molecular complexity index is 804. The Morgan fingerprint density at radius 1 is 1.25 bits per heavy atom. The van der Waals surface area contributed by atoms with Crippen LogP contribution in [0.2, 0.25) is 5.02 Å². The number of rotatable bonds is 1. The summed E-state index contributed by atoms with van der Waals surface area (Å²) in [6.45, 7) is 4.29. The van der Waals surface area contributed by atoms with Gasteiger partial charge >= 0.3 is 0 Å². The largest absolute Gasteiger partial charge is 0.337 e. The molecule has 3 atom stereocenters. The van der Waals surface area contributed by atoms with Crippen molar-refractivity contribution in [2.75, 3.05) is 25.0 Å². The Labute approximate surface area is 147 Å². The third-order valence-corrected chi connectivity index (χ3v) is 5.73. The molecule has 2 aromatic carbocycles. The summed E-state index contributed by atoms with van der Waals surface area (Å²) in [6.07, 6.45) is 1.03. The zero-order valence-corrected chi connectivity index (χ0v) is 14.8. The van der Waals surface area contributed by atoms with Crippen LogP contribution in [-0.2, 0) is 0 Å². The molecule has 124 valence electrons. The monoisotopic (exact) mass is 341 g/mol. The van der Waals surface area contributed by atoms with E-state index in [1.54, 1.807) is 6.07 Å². The van der Waals surface area contributed by atoms with Crippen LogP contribution in [0.15, 0.2) is 42.5 Å². The first-order chi connectivity index (χ1) is 11.6. The van der Waals surface area contributed by atoms with E-state index in [9.17, 15) is 4.79 Å². The number of nitrogens with zero attached hydrogens (tertiary/aromatic N) is 1. The number of benzene rings is 2. The minimum absolute atomic E-state index is 0.0257. The molecular weight excluding hydrogens is 320 g/mol. The number of nitrogens with one attached hydrogen (secondary N) is 1. The van der Waals surface area contributed by atoms with Gasteiger partial charge in [0, 0.05) is 12.1 Å². The van der Waals surface area contributed by atoms with Crippen molar-refractivity contribution in [1.82, 2.24) is 0 Å². The van der Waals surface area contributed by atoms with Crippen LogP contribution in [0.3, 0.4) is 0 Å². The van der Waals surface area contributed by atoms with E-state index < -0.39 is 0 Å². The number of anilines is 1. The summed E-state index contributed by atoms with van der Waals surface area (Å²) in [7, 11) is 2.24. The van der Waals surface area contributed by atoms with Gasteiger partial charge in [0.05, 0.1) is 42.7 Å². The van der Waals surface area contributed by atoms with Crippen LogP contribution < -0.4 is 9.80 Å². The summed E-state index contributed by atoms with van der Waals surface area (Å²) in [6, 6.07) is 14.1. The van der Waals surface area contributed by atoms with Gasteiger partial charge in [-0.05, 0) is 30.7 Å². The van der Waals surface area contributed by atoms with Gasteiger partial charge in [-0.1, -0.05) is 41.4 Å². The summed E-state index contributed by atoms with van der Waals surface area (Å²) in [4.78, 5) is 16.8. The number of halogens is 1. The zero-order valence-electron chi connectivity index (χ0n) is 14.1. The van der Waals surface area contributed by atoms with Gasteiger partial charge in [-0.15, -0.1) is 0 Å². The number of likely N-dealkylation sites (tertiary alicyclic amines) is 1. The molecule has 4 rings (SSSR count). The zero-order chi connectivity index (χ0) is 16.8. The Morgan fingerprint density at radius 2 is 2.04 bits per heavy atom. The van der Waals surface area contributed by atoms with Crippen LogP contribution in [0.1, 0.15) is 33.8 Å². The lowest BCUT2D eigenvalue weighted by molar-refractivity contribution is -0.886. The Morgan fingerprint density at radius 3 is 2.83 bits per heavy atom. The quantitative estimate of drug-likeness (QED) is 0.847. The summed E-state index contributed by atoms with van der Waals surface area (Å²) in [5, 5.41) is 0.526. The number of piperidine rings is 1.